The first-order valence-corrected chi connectivity index (χ1v) is 10.5. The SMILES string of the molecule is CN=C(NCc1nnc2n1CCC2)NCC1(N2CCOCC2)CCCCC1.I. The number of nitrogens with one attached hydrogen (secondary N) is 2. The molecule has 1 aromatic rings. The lowest BCUT2D eigenvalue weighted by molar-refractivity contribution is -0.0352. The third-order valence-electron chi connectivity index (χ3n) is 6.37. The highest BCUT2D eigenvalue weighted by atomic mass is 127. The molecular weight excluding hydrogens is 469 g/mol. The zero-order chi connectivity index (χ0) is 18.5. The van der Waals surface area contributed by atoms with Crippen LogP contribution in [0.4, 0.5) is 0 Å². The molecule has 9 heteroatoms. The molecule has 0 unspecified atom stereocenters. The second-order valence-corrected chi connectivity index (χ2v) is 7.95. The fourth-order valence-corrected chi connectivity index (χ4v) is 4.83. The molecule has 0 amide bonds. The van der Waals surface area contributed by atoms with Gasteiger partial charge in [-0.05, 0) is 19.3 Å². The quantitative estimate of drug-likeness (QED) is 0.361. The predicted octanol–water partition coefficient (Wildman–Crippen LogP) is 1.54. The number of aryl methyl sites for hydroxylation is 1. The number of halogens is 1. The summed E-state index contributed by atoms with van der Waals surface area (Å²) in [5.74, 6) is 2.97. The summed E-state index contributed by atoms with van der Waals surface area (Å²) in [6.45, 7) is 6.42. The molecule has 3 aliphatic rings. The minimum absolute atomic E-state index is 0. The Labute approximate surface area is 184 Å². The second kappa shape index (κ2) is 10.2. The van der Waals surface area contributed by atoms with Crippen LogP contribution in [0.15, 0.2) is 4.99 Å². The summed E-state index contributed by atoms with van der Waals surface area (Å²) in [6, 6.07) is 0. The van der Waals surface area contributed by atoms with E-state index < -0.39 is 0 Å². The van der Waals surface area contributed by atoms with Crippen molar-refractivity contribution < 1.29 is 4.74 Å². The maximum atomic E-state index is 5.59. The largest absolute Gasteiger partial charge is 0.379 e. The molecular formula is C19H34IN7O. The van der Waals surface area contributed by atoms with Crippen molar-refractivity contribution in [2.24, 2.45) is 4.99 Å². The monoisotopic (exact) mass is 503 g/mol. The smallest absolute Gasteiger partial charge is 0.191 e. The van der Waals surface area contributed by atoms with Gasteiger partial charge in [0.2, 0.25) is 0 Å². The van der Waals surface area contributed by atoms with Crippen molar-refractivity contribution in [1.29, 1.82) is 0 Å². The average Bonchev–Trinajstić information content (AvgIpc) is 3.34. The number of morpholine rings is 1. The lowest BCUT2D eigenvalue weighted by atomic mass is 9.80. The zero-order valence-electron chi connectivity index (χ0n) is 17.0. The van der Waals surface area contributed by atoms with Gasteiger partial charge in [0.25, 0.3) is 0 Å². The summed E-state index contributed by atoms with van der Waals surface area (Å²) in [6.07, 6.45) is 8.73. The molecule has 2 fully saturated rings. The zero-order valence-corrected chi connectivity index (χ0v) is 19.3. The van der Waals surface area contributed by atoms with Crippen LogP contribution < -0.4 is 10.6 Å². The van der Waals surface area contributed by atoms with Crippen LogP contribution in [0.3, 0.4) is 0 Å². The lowest BCUT2D eigenvalue weighted by Gasteiger charge is -2.48. The summed E-state index contributed by atoms with van der Waals surface area (Å²) in [4.78, 5) is 7.09. The topological polar surface area (TPSA) is 79.6 Å². The van der Waals surface area contributed by atoms with Gasteiger partial charge < -0.3 is 19.9 Å². The Morgan fingerprint density at radius 1 is 1.07 bits per heavy atom. The molecule has 0 spiro atoms. The van der Waals surface area contributed by atoms with Gasteiger partial charge in [0.05, 0.1) is 19.8 Å². The molecule has 0 atom stereocenters. The van der Waals surface area contributed by atoms with Gasteiger partial charge in [-0.2, -0.15) is 0 Å². The number of guanidine groups is 1. The van der Waals surface area contributed by atoms with Crippen molar-refractivity contribution in [2.75, 3.05) is 39.9 Å². The number of rotatable bonds is 5. The van der Waals surface area contributed by atoms with Crippen molar-refractivity contribution in [3.63, 3.8) is 0 Å². The Morgan fingerprint density at radius 2 is 1.86 bits per heavy atom. The van der Waals surface area contributed by atoms with Crippen molar-refractivity contribution in [2.45, 2.75) is 63.6 Å². The van der Waals surface area contributed by atoms with Crippen LogP contribution in [0.1, 0.15) is 50.2 Å². The predicted molar refractivity (Wildman–Crippen MR) is 120 cm³/mol. The van der Waals surface area contributed by atoms with E-state index in [-0.39, 0.29) is 29.5 Å². The number of hydrogen-bond donors (Lipinski definition) is 2. The van der Waals surface area contributed by atoms with Crippen LogP contribution >= 0.6 is 24.0 Å². The maximum absolute atomic E-state index is 5.59. The van der Waals surface area contributed by atoms with Crippen molar-refractivity contribution in [3.05, 3.63) is 11.6 Å². The number of hydrogen-bond acceptors (Lipinski definition) is 5. The molecule has 1 saturated heterocycles. The van der Waals surface area contributed by atoms with Crippen LogP contribution in [0, 0.1) is 0 Å². The Bertz CT molecular complexity index is 651. The summed E-state index contributed by atoms with van der Waals surface area (Å²) < 4.78 is 7.82. The third-order valence-corrected chi connectivity index (χ3v) is 6.37. The fraction of sp³-hybridized carbons (Fsp3) is 0.842. The van der Waals surface area contributed by atoms with Crippen LogP contribution in [-0.2, 0) is 24.2 Å². The third kappa shape index (κ3) is 4.79. The molecule has 4 rings (SSSR count). The van der Waals surface area contributed by atoms with Crippen LogP contribution in [0.2, 0.25) is 0 Å². The van der Waals surface area contributed by atoms with E-state index in [9.17, 15) is 0 Å². The van der Waals surface area contributed by atoms with Crippen LogP contribution in [0.5, 0.6) is 0 Å². The summed E-state index contributed by atoms with van der Waals surface area (Å²) in [5, 5.41) is 15.7. The van der Waals surface area contributed by atoms with E-state index in [4.69, 9.17) is 4.74 Å². The van der Waals surface area contributed by atoms with E-state index >= 15 is 0 Å². The van der Waals surface area contributed by atoms with Gasteiger partial charge in [-0.3, -0.25) is 9.89 Å². The first-order valence-electron chi connectivity index (χ1n) is 10.5. The number of fused-ring (bicyclic) bond motifs is 1. The minimum atomic E-state index is 0. The Balaban J connectivity index is 0.00000225. The number of nitrogens with zero attached hydrogens (tertiary/aromatic N) is 5. The van der Waals surface area contributed by atoms with Crippen LogP contribution in [-0.4, -0.2) is 71.1 Å². The highest BCUT2D eigenvalue weighted by Gasteiger charge is 2.38. The highest BCUT2D eigenvalue weighted by Crippen LogP contribution is 2.33. The number of ether oxygens (including phenoxy) is 1. The summed E-state index contributed by atoms with van der Waals surface area (Å²) in [7, 11) is 1.84. The van der Waals surface area contributed by atoms with Gasteiger partial charge in [-0.25, -0.2) is 0 Å². The lowest BCUT2D eigenvalue weighted by Crippen LogP contribution is -2.60. The summed E-state index contributed by atoms with van der Waals surface area (Å²) in [5.41, 5.74) is 0.232. The fourth-order valence-electron chi connectivity index (χ4n) is 4.83. The highest BCUT2D eigenvalue weighted by molar-refractivity contribution is 14.0. The Morgan fingerprint density at radius 3 is 2.61 bits per heavy atom. The molecule has 2 aliphatic heterocycles. The van der Waals surface area contributed by atoms with E-state index in [0.29, 0.717) is 6.54 Å². The second-order valence-electron chi connectivity index (χ2n) is 7.95. The Hall–Kier alpha value is -0.940. The molecule has 3 heterocycles. The van der Waals surface area contributed by atoms with E-state index in [1.54, 1.807) is 0 Å². The molecule has 0 aromatic carbocycles. The van der Waals surface area contributed by atoms with E-state index in [2.05, 4.69) is 35.3 Å². The normalized spacial score (nSPS) is 22.4. The summed E-state index contributed by atoms with van der Waals surface area (Å²) >= 11 is 0. The van der Waals surface area contributed by atoms with Gasteiger partial charge in [0.15, 0.2) is 11.8 Å². The standard InChI is InChI=1S/C19H33N7O.HI/c1-20-18(21-14-17-24-23-16-6-5-9-26(16)17)22-15-19(7-3-2-4-8-19)25-10-12-27-13-11-25;/h2-15H2,1H3,(H2,20,21,22);1H. The van der Waals surface area contributed by atoms with E-state index in [1.807, 2.05) is 7.05 Å². The number of aromatic nitrogens is 3. The van der Waals surface area contributed by atoms with E-state index in [0.717, 1.165) is 63.4 Å². The average molecular weight is 503 g/mol. The van der Waals surface area contributed by atoms with E-state index in [1.165, 1.54) is 38.5 Å². The molecule has 158 valence electrons. The molecule has 2 N–H and O–H groups in total. The van der Waals surface area contributed by atoms with Crippen molar-refractivity contribution in [1.82, 2.24) is 30.3 Å². The molecule has 1 aromatic heterocycles. The van der Waals surface area contributed by atoms with Gasteiger partial charge in [0, 0.05) is 45.2 Å². The molecule has 0 radical (unpaired) electrons. The van der Waals surface area contributed by atoms with Gasteiger partial charge >= 0.3 is 0 Å². The maximum Gasteiger partial charge on any atom is 0.191 e. The van der Waals surface area contributed by atoms with Crippen LogP contribution in [0.25, 0.3) is 0 Å². The molecule has 8 nitrogen and oxygen atoms in total. The Kier molecular flexibility index (Phi) is 7.93. The molecule has 1 aliphatic carbocycles. The molecule has 0 bridgehead atoms. The first-order chi connectivity index (χ1) is 13.3. The van der Waals surface area contributed by atoms with Crippen molar-refractivity contribution in [3.8, 4) is 0 Å². The first kappa shape index (κ1) is 21.8. The number of aliphatic imine (C=N–C) groups is 1. The van der Waals surface area contributed by atoms with Gasteiger partial charge in [-0.15, -0.1) is 34.2 Å². The van der Waals surface area contributed by atoms with Gasteiger partial charge in [0.1, 0.15) is 5.82 Å². The molecule has 1 saturated carbocycles. The minimum Gasteiger partial charge on any atom is -0.379 e. The van der Waals surface area contributed by atoms with Gasteiger partial charge in [-0.1, -0.05) is 19.3 Å². The van der Waals surface area contributed by atoms with Crippen molar-refractivity contribution >= 4 is 29.9 Å². The molecule has 28 heavy (non-hydrogen) atoms.